The summed E-state index contributed by atoms with van der Waals surface area (Å²) in [6.07, 6.45) is 3.85. The zero-order valence-corrected chi connectivity index (χ0v) is 9.78. The molecule has 0 bridgehead atoms. The minimum absolute atomic E-state index is 1.23. The van der Waals surface area contributed by atoms with Crippen molar-refractivity contribution < 1.29 is 0 Å². The van der Waals surface area contributed by atoms with Gasteiger partial charge in [-0.2, -0.15) is 0 Å². The van der Waals surface area contributed by atoms with E-state index >= 15 is 0 Å². The van der Waals surface area contributed by atoms with Crippen molar-refractivity contribution in [2.45, 2.75) is 41.5 Å². The maximum atomic E-state index is 3.56. The molecule has 0 amide bonds. The van der Waals surface area contributed by atoms with Crippen molar-refractivity contribution in [1.82, 2.24) is 0 Å². The molecule has 0 aliphatic heterocycles. The first kappa shape index (κ1) is 22.5. The predicted octanol–water partition coefficient (Wildman–Crippen LogP) is 4.99. The summed E-state index contributed by atoms with van der Waals surface area (Å²) in [6, 6.07) is 0. The van der Waals surface area contributed by atoms with Gasteiger partial charge in [0.25, 0.3) is 0 Å². The highest BCUT2D eigenvalue weighted by molar-refractivity contribution is 5.10. The van der Waals surface area contributed by atoms with Gasteiger partial charge in [-0.3, -0.25) is 0 Å². The van der Waals surface area contributed by atoms with Gasteiger partial charge < -0.3 is 0 Å². The average molecular weight is 170 g/mol. The van der Waals surface area contributed by atoms with Gasteiger partial charge >= 0.3 is 0 Å². The lowest BCUT2D eigenvalue weighted by molar-refractivity contribution is 1.49. The molecule has 0 saturated carbocycles. The number of rotatable bonds is 1. The Morgan fingerprint density at radius 3 is 1.25 bits per heavy atom. The molecule has 74 valence electrons. The van der Waals surface area contributed by atoms with Crippen LogP contribution < -0.4 is 0 Å². The zero-order valence-electron chi connectivity index (χ0n) is 9.78. The Labute approximate surface area is 79.7 Å². The number of hydrogen-bond donors (Lipinski definition) is 0. The summed E-state index contributed by atoms with van der Waals surface area (Å²) in [7, 11) is 0. The fraction of sp³-hybridized carbons (Fsp3) is 0.500. The number of allylic oxidation sites excluding steroid dienone is 3. The van der Waals surface area contributed by atoms with Crippen molar-refractivity contribution >= 4 is 0 Å². The maximum Gasteiger partial charge on any atom is -0.0401 e. The first-order valence-corrected chi connectivity index (χ1v) is 4.56. The summed E-state index contributed by atoms with van der Waals surface area (Å²) < 4.78 is 0. The van der Waals surface area contributed by atoms with E-state index in [4.69, 9.17) is 0 Å². The molecule has 0 aromatic rings. The van der Waals surface area contributed by atoms with E-state index in [0.717, 1.165) is 0 Å². The molecule has 0 spiro atoms. The fourth-order valence-electron chi connectivity index (χ4n) is 0.118. The Morgan fingerprint density at radius 2 is 1.25 bits per heavy atom. The van der Waals surface area contributed by atoms with Crippen LogP contribution in [0.5, 0.6) is 0 Å². The zero-order chi connectivity index (χ0) is 11.0. The molecular formula is C12H26. The van der Waals surface area contributed by atoms with Gasteiger partial charge in [-0.15, -0.1) is 13.2 Å². The van der Waals surface area contributed by atoms with Gasteiger partial charge in [0.2, 0.25) is 0 Å². The van der Waals surface area contributed by atoms with Crippen LogP contribution in [0.4, 0.5) is 0 Å². The molecule has 0 aliphatic carbocycles. The third-order valence-corrected chi connectivity index (χ3v) is 0.777. The molecule has 0 fully saturated rings. The largest absolute Gasteiger partial charge is 0.106 e. The van der Waals surface area contributed by atoms with Crippen LogP contribution in [0.2, 0.25) is 0 Å². The van der Waals surface area contributed by atoms with Crippen LogP contribution >= 0.6 is 0 Å². The lowest BCUT2D eigenvalue weighted by Crippen LogP contribution is -1.57. The monoisotopic (exact) mass is 170 g/mol. The van der Waals surface area contributed by atoms with E-state index in [0.29, 0.717) is 0 Å². The highest BCUT2D eigenvalue weighted by atomic mass is 13.7. The molecule has 0 saturated heterocycles. The summed E-state index contributed by atoms with van der Waals surface area (Å²) in [6.45, 7) is 21.6. The Hall–Kier alpha value is -0.780. The molecule has 0 nitrogen and oxygen atoms in total. The Balaban J connectivity index is -0.0000000453. The molecule has 0 radical (unpaired) electrons. The van der Waals surface area contributed by atoms with Crippen molar-refractivity contribution in [2.75, 3.05) is 0 Å². The second kappa shape index (κ2) is 48.8. The van der Waals surface area contributed by atoms with Gasteiger partial charge in [-0.1, -0.05) is 52.0 Å². The molecular weight excluding hydrogens is 144 g/mol. The van der Waals surface area contributed by atoms with E-state index in [-0.39, 0.29) is 0 Å². The summed E-state index contributed by atoms with van der Waals surface area (Å²) in [5.41, 5.74) is 1.23. The highest BCUT2D eigenvalue weighted by Crippen LogP contribution is 1.88. The van der Waals surface area contributed by atoms with Gasteiger partial charge in [-0.25, -0.2) is 0 Å². The van der Waals surface area contributed by atoms with Crippen molar-refractivity contribution in [2.24, 2.45) is 0 Å². The third-order valence-electron chi connectivity index (χ3n) is 0.777. The molecule has 0 atom stereocenters. The third kappa shape index (κ3) is 60.1. The van der Waals surface area contributed by atoms with Crippen molar-refractivity contribution in [3.8, 4) is 0 Å². The van der Waals surface area contributed by atoms with Crippen molar-refractivity contribution in [3.63, 3.8) is 0 Å². The molecule has 0 heteroatoms. The van der Waals surface area contributed by atoms with Crippen LogP contribution in [0, 0.1) is 0 Å². The summed E-state index contributed by atoms with van der Waals surface area (Å²) in [4.78, 5) is 0. The van der Waals surface area contributed by atoms with E-state index in [2.05, 4.69) is 19.7 Å². The van der Waals surface area contributed by atoms with Crippen LogP contribution in [-0.2, 0) is 0 Å². The Bertz CT molecular complexity index is 78.0. The van der Waals surface area contributed by atoms with Crippen LogP contribution in [0.3, 0.4) is 0 Å². The lowest BCUT2D eigenvalue weighted by Gasteiger charge is -1.78. The first-order chi connectivity index (χ1) is 5.81. The molecule has 12 heavy (non-hydrogen) atoms. The van der Waals surface area contributed by atoms with Crippen molar-refractivity contribution in [1.29, 1.82) is 0 Å². The Kier molecular flexibility index (Phi) is 91.4. The highest BCUT2D eigenvalue weighted by Gasteiger charge is 1.66. The van der Waals surface area contributed by atoms with Gasteiger partial charge in [-0.05, 0) is 13.8 Å². The quantitative estimate of drug-likeness (QED) is 0.384. The van der Waals surface area contributed by atoms with E-state index in [1.807, 2.05) is 53.7 Å². The van der Waals surface area contributed by atoms with Crippen LogP contribution in [0.15, 0.2) is 37.5 Å². The normalized spacial score (nSPS) is 7.00. The molecule has 0 rings (SSSR count). The maximum absolute atomic E-state index is 3.56. The molecule has 0 heterocycles. The molecule has 0 aromatic carbocycles. The average Bonchev–Trinajstić information content (AvgIpc) is 2.25. The van der Waals surface area contributed by atoms with E-state index < -0.39 is 0 Å². The smallest absolute Gasteiger partial charge is 0.0401 e. The van der Waals surface area contributed by atoms with E-state index in [1.54, 1.807) is 0 Å². The molecule has 0 N–H and O–H groups in total. The van der Waals surface area contributed by atoms with Gasteiger partial charge in [0.1, 0.15) is 0 Å². The minimum atomic E-state index is 1.23. The second-order valence-electron chi connectivity index (χ2n) is 1.24. The SMILES string of the molecule is C=C.C=C/C(C)=C\C.CC.CC. The number of hydrogen-bond acceptors (Lipinski definition) is 0. The first-order valence-electron chi connectivity index (χ1n) is 4.56. The predicted molar refractivity (Wildman–Crippen MR) is 63.6 cm³/mol. The van der Waals surface area contributed by atoms with Gasteiger partial charge in [0.05, 0.1) is 0 Å². The standard InChI is InChI=1S/C6H10.2C2H6.C2H4/c1-4-6(3)5-2;3*1-2/h4-5H,1H2,2-3H3;2*1-2H3;1-2H2/b6-5-;;;. The molecule has 0 aromatic heterocycles. The minimum Gasteiger partial charge on any atom is -0.106 e. The summed E-state index contributed by atoms with van der Waals surface area (Å²) in [5.74, 6) is 0. The molecule has 0 unspecified atom stereocenters. The van der Waals surface area contributed by atoms with Gasteiger partial charge in [0, 0.05) is 0 Å². The summed E-state index contributed by atoms with van der Waals surface area (Å²) >= 11 is 0. The Morgan fingerprint density at radius 1 is 1.00 bits per heavy atom. The van der Waals surface area contributed by atoms with Crippen molar-refractivity contribution in [3.05, 3.63) is 37.5 Å². The summed E-state index contributed by atoms with van der Waals surface area (Å²) in [5, 5.41) is 0. The van der Waals surface area contributed by atoms with Crippen LogP contribution in [0.1, 0.15) is 41.5 Å². The topological polar surface area (TPSA) is 0 Å². The van der Waals surface area contributed by atoms with Gasteiger partial charge in [0.15, 0.2) is 0 Å². The second-order valence-corrected chi connectivity index (χ2v) is 1.24. The molecule has 0 aliphatic rings. The lowest BCUT2D eigenvalue weighted by atomic mass is 10.3. The van der Waals surface area contributed by atoms with Crippen LogP contribution in [0.25, 0.3) is 0 Å². The van der Waals surface area contributed by atoms with Crippen LogP contribution in [-0.4, -0.2) is 0 Å². The van der Waals surface area contributed by atoms with E-state index in [1.165, 1.54) is 5.57 Å². The fourth-order valence-corrected chi connectivity index (χ4v) is 0.118. The van der Waals surface area contributed by atoms with E-state index in [9.17, 15) is 0 Å².